The number of carbonyl (C=O) groups is 1. The highest BCUT2D eigenvalue weighted by Gasteiger charge is 2.23. The summed E-state index contributed by atoms with van der Waals surface area (Å²) in [5.41, 5.74) is 2.11. The summed E-state index contributed by atoms with van der Waals surface area (Å²) < 4.78 is 6.11. The van der Waals surface area contributed by atoms with Crippen LogP contribution in [0.4, 0.5) is 5.69 Å². The highest BCUT2D eigenvalue weighted by atomic mass is 32.2. The molecule has 0 atom stereocenters. The Balaban J connectivity index is 1.97. The molecule has 0 spiro atoms. The Morgan fingerprint density at radius 3 is 2.71 bits per heavy atom. The van der Waals surface area contributed by atoms with E-state index < -0.39 is 4.92 Å². The molecule has 0 aliphatic carbocycles. The van der Waals surface area contributed by atoms with Gasteiger partial charge in [-0.25, -0.2) is 0 Å². The Hall–Kier alpha value is -2.45. The maximum Gasteiger partial charge on any atom is 0.273 e. The van der Waals surface area contributed by atoms with Gasteiger partial charge in [0.1, 0.15) is 15.8 Å². The minimum atomic E-state index is -0.405. The first-order chi connectivity index (χ1) is 11.3. The first-order valence-electron chi connectivity index (χ1n) is 6.96. The molecule has 3 rings (SSSR count). The molecule has 1 N–H and O–H groups in total. The molecular weight excluding hydrogens is 348 g/mol. The van der Waals surface area contributed by atoms with Crippen molar-refractivity contribution in [3.05, 3.63) is 56.2 Å². The van der Waals surface area contributed by atoms with Crippen LogP contribution in [0.3, 0.4) is 0 Å². The van der Waals surface area contributed by atoms with Crippen molar-refractivity contribution in [1.29, 1.82) is 0 Å². The Bertz CT molecular complexity index is 915. The van der Waals surface area contributed by atoms with Gasteiger partial charge in [-0.05, 0) is 37.6 Å². The zero-order valence-electron chi connectivity index (χ0n) is 12.8. The number of furan rings is 1. The fraction of sp³-hybridized carbons (Fsp3) is 0.125. The van der Waals surface area contributed by atoms with Crippen LogP contribution in [0.1, 0.15) is 16.9 Å². The smallest absolute Gasteiger partial charge is 0.273 e. The molecule has 1 amide bonds. The number of carbonyl (C=O) groups excluding carboxylic acids is 1. The monoisotopic (exact) mass is 360 g/mol. The molecule has 1 saturated heterocycles. The molecule has 2 aromatic rings. The van der Waals surface area contributed by atoms with Gasteiger partial charge in [0.05, 0.1) is 9.83 Å². The van der Waals surface area contributed by atoms with Crippen molar-refractivity contribution in [3.63, 3.8) is 0 Å². The Kier molecular flexibility index (Phi) is 4.25. The summed E-state index contributed by atoms with van der Waals surface area (Å²) in [6, 6.07) is 6.75. The van der Waals surface area contributed by atoms with Crippen LogP contribution in [0.25, 0.3) is 17.4 Å². The molecule has 1 aromatic heterocycles. The summed E-state index contributed by atoms with van der Waals surface area (Å²) in [4.78, 5) is 22.9. The topological polar surface area (TPSA) is 85.4 Å². The predicted octanol–water partition coefficient (Wildman–Crippen LogP) is 3.96. The van der Waals surface area contributed by atoms with Crippen LogP contribution in [-0.4, -0.2) is 15.2 Å². The molecule has 0 unspecified atom stereocenters. The molecule has 1 fully saturated rings. The maximum atomic E-state index is 11.7. The number of amides is 1. The van der Waals surface area contributed by atoms with Gasteiger partial charge < -0.3 is 9.73 Å². The molecule has 1 aliphatic heterocycles. The fourth-order valence-corrected chi connectivity index (χ4v) is 3.33. The van der Waals surface area contributed by atoms with E-state index in [1.807, 2.05) is 13.0 Å². The first kappa shape index (κ1) is 16.4. The number of thioether (sulfide) groups is 1. The van der Waals surface area contributed by atoms with Gasteiger partial charge in [-0.3, -0.25) is 14.9 Å². The van der Waals surface area contributed by atoms with Crippen molar-refractivity contribution >= 4 is 46.0 Å². The number of hydrogen-bond donors (Lipinski definition) is 1. The lowest BCUT2D eigenvalue weighted by Crippen LogP contribution is -2.17. The third-order valence-corrected chi connectivity index (χ3v) is 4.83. The standard InChI is InChI=1S/C16H12N2O4S2/c1-8-5-10(6-12(9(8)2)18(20)21)13-4-3-11(22-13)7-14-15(19)17-16(23)24-14/h3-7H,1-2H3,(H,17,19,23)/b14-7-. The Labute approximate surface area is 147 Å². The second-order valence-corrected chi connectivity index (χ2v) is 6.97. The van der Waals surface area contributed by atoms with Gasteiger partial charge in [0.25, 0.3) is 11.6 Å². The van der Waals surface area contributed by atoms with E-state index in [4.69, 9.17) is 16.6 Å². The van der Waals surface area contributed by atoms with Crippen molar-refractivity contribution in [2.45, 2.75) is 13.8 Å². The lowest BCUT2D eigenvalue weighted by molar-refractivity contribution is -0.385. The van der Waals surface area contributed by atoms with Gasteiger partial charge in [0.15, 0.2) is 0 Å². The molecule has 6 nitrogen and oxygen atoms in total. The van der Waals surface area contributed by atoms with Gasteiger partial charge in [0.2, 0.25) is 0 Å². The quantitative estimate of drug-likeness (QED) is 0.386. The number of thiocarbonyl (C=S) groups is 1. The summed E-state index contributed by atoms with van der Waals surface area (Å²) in [7, 11) is 0. The molecule has 1 aliphatic rings. The minimum Gasteiger partial charge on any atom is -0.457 e. The first-order valence-corrected chi connectivity index (χ1v) is 8.18. The molecular formula is C16H12N2O4S2. The molecule has 122 valence electrons. The normalized spacial score (nSPS) is 15.8. The third-order valence-electron chi connectivity index (χ3n) is 3.66. The van der Waals surface area contributed by atoms with E-state index in [-0.39, 0.29) is 11.6 Å². The number of nitrogens with one attached hydrogen (secondary N) is 1. The molecule has 0 radical (unpaired) electrons. The second-order valence-electron chi connectivity index (χ2n) is 5.25. The highest BCUT2D eigenvalue weighted by Crippen LogP contribution is 2.32. The summed E-state index contributed by atoms with van der Waals surface area (Å²) in [6.45, 7) is 3.53. The van der Waals surface area contributed by atoms with E-state index in [1.54, 1.807) is 25.1 Å². The summed E-state index contributed by atoms with van der Waals surface area (Å²) >= 11 is 6.10. The van der Waals surface area contributed by atoms with E-state index in [0.717, 1.165) is 5.56 Å². The number of rotatable bonds is 3. The fourth-order valence-electron chi connectivity index (χ4n) is 2.31. The van der Waals surface area contributed by atoms with Gasteiger partial charge >= 0.3 is 0 Å². The maximum absolute atomic E-state index is 11.7. The number of benzene rings is 1. The van der Waals surface area contributed by atoms with E-state index in [9.17, 15) is 14.9 Å². The molecule has 2 heterocycles. The second kappa shape index (κ2) is 6.21. The van der Waals surface area contributed by atoms with Crippen molar-refractivity contribution < 1.29 is 14.1 Å². The lowest BCUT2D eigenvalue weighted by Gasteiger charge is -2.04. The number of nitro groups is 1. The van der Waals surface area contributed by atoms with Crippen LogP contribution in [0.15, 0.2) is 33.6 Å². The number of nitro benzene ring substituents is 1. The van der Waals surface area contributed by atoms with Gasteiger partial charge in [-0.2, -0.15) is 0 Å². The lowest BCUT2D eigenvalue weighted by atomic mass is 10.0. The molecule has 24 heavy (non-hydrogen) atoms. The molecule has 0 saturated carbocycles. The molecule has 8 heteroatoms. The summed E-state index contributed by atoms with van der Waals surface area (Å²) in [5, 5.41) is 13.7. The Morgan fingerprint density at radius 1 is 1.33 bits per heavy atom. The van der Waals surface area contributed by atoms with E-state index in [1.165, 1.54) is 17.8 Å². The minimum absolute atomic E-state index is 0.0531. The van der Waals surface area contributed by atoms with Crippen LogP contribution in [0.5, 0.6) is 0 Å². The van der Waals surface area contributed by atoms with Crippen molar-refractivity contribution in [2.24, 2.45) is 0 Å². The average Bonchev–Trinajstić information content (AvgIpc) is 3.09. The van der Waals surface area contributed by atoms with Gasteiger partial charge in [-0.1, -0.05) is 24.0 Å². The van der Waals surface area contributed by atoms with Crippen LogP contribution in [0, 0.1) is 24.0 Å². The van der Waals surface area contributed by atoms with Crippen LogP contribution < -0.4 is 5.32 Å². The Morgan fingerprint density at radius 2 is 2.08 bits per heavy atom. The number of hydrogen-bond acceptors (Lipinski definition) is 6. The highest BCUT2D eigenvalue weighted by molar-refractivity contribution is 8.26. The van der Waals surface area contributed by atoms with Gasteiger partial charge in [0, 0.05) is 23.3 Å². The average molecular weight is 360 g/mol. The van der Waals surface area contributed by atoms with Crippen molar-refractivity contribution in [2.75, 3.05) is 0 Å². The van der Waals surface area contributed by atoms with Crippen molar-refractivity contribution in [3.8, 4) is 11.3 Å². The molecule has 0 bridgehead atoms. The number of nitrogens with zero attached hydrogens (tertiary/aromatic N) is 1. The zero-order valence-corrected chi connectivity index (χ0v) is 14.4. The SMILES string of the molecule is Cc1cc(-c2ccc(/C=C3\SC(=S)NC3=O)o2)cc([N+](=O)[O-])c1C. The van der Waals surface area contributed by atoms with E-state index in [2.05, 4.69) is 5.32 Å². The zero-order chi connectivity index (χ0) is 17.4. The van der Waals surface area contributed by atoms with E-state index in [0.29, 0.717) is 31.9 Å². The predicted molar refractivity (Wildman–Crippen MR) is 96.6 cm³/mol. The molecule has 1 aromatic carbocycles. The summed E-state index contributed by atoms with van der Waals surface area (Å²) in [5.74, 6) is 0.719. The number of aryl methyl sites for hydroxylation is 1. The summed E-state index contributed by atoms with van der Waals surface area (Å²) in [6.07, 6.45) is 1.60. The van der Waals surface area contributed by atoms with Crippen LogP contribution >= 0.6 is 24.0 Å². The largest absolute Gasteiger partial charge is 0.457 e. The van der Waals surface area contributed by atoms with Crippen LogP contribution in [-0.2, 0) is 4.79 Å². The van der Waals surface area contributed by atoms with E-state index >= 15 is 0 Å². The van der Waals surface area contributed by atoms with Crippen molar-refractivity contribution in [1.82, 2.24) is 5.32 Å². The van der Waals surface area contributed by atoms with Gasteiger partial charge in [-0.15, -0.1) is 0 Å². The van der Waals surface area contributed by atoms with Crippen LogP contribution in [0.2, 0.25) is 0 Å². The third kappa shape index (κ3) is 3.10.